The van der Waals surface area contributed by atoms with Gasteiger partial charge >= 0.3 is 5.76 Å². The van der Waals surface area contributed by atoms with Gasteiger partial charge < -0.3 is 14.4 Å². The van der Waals surface area contributed by atoms with E-state index in [9.17, 15) is 18.3 Å². The van der Waals surface area contributed by atoms with Crippen molar-refractivity contribution in [1.29, 1.82) is 0 Å². The van der Waals surface area contributed by atoms with Gasteiger partial charge in [0.05, 0.1) is 6.67 Å². The highest BCUT2D eigenvalue weighted by Crippen LogP contribution is 2.44. The van der Waals surface area contributed by atoms with Gasteiger partial charge in [0.2, 0.25) is 15.9 Å². The largest absolute Gasteiger partial charge is 0.434 e. The lowest BCUT2D eigenvalue weighted by Gasteiger charge is -2.41. The Hall–Kier alpha value is -2.80. The fourth-order valence-corrected chi connectivity index (χ4v) is 6.33. The SMILES string of the molecule is Cc1ccc(F)c(C(C)C(c2n[nH]c(=O)o2)N2CN(CCCO)c3nc(Cl)ccc3S2(=O)=O)c1C. The Morgan fingerprint density at radius 2 is 2.03 bits per heavy atom. The standard InChI is InChI=1S/C22H25ClFN5O5S/c1-12-5-6-15(24)18(13(12)2)14(3)19(21-26-27-22(31)34-21)29-11-28(9-4-10-30)20-16(35(29,32)33)7-8-17(23)25-20/h5-8,14,19,30H,4,9-11H2,1-3H3,(H,27,31). The van der Waals surface area contributed by atoms with Crippen LogP contribution in [0.4, 0.5) is 10.2 Å². The summed E-state index contributed by atoms with van der Waals surface area (Å²) in [7, 11) is -4.21. The van der Waals surface area contributed by atoms with Crippen LogP contribution in [0.1, 0.15) is 47.9 Å². The summed E-state index contributed by atoms with van der Waals surface area (Å²) < 4.78 is 49.1. The van der Waals surface area contributed by atoms with Gasteiger partial charge in [0, 0.05) is 19.1 Å². The van der Waals surface area contributed by atoms with E-state index in [4.69, 9.17) is 16.0 Å². The molecule has 35 heavy (non-hydrogen) atoms. The van der Waals surface area contributed by atoms with E-state index in [1.54, 1.807) is 24.8 Å². The number of fused-ring (bicyclic) bond motifs is 1. The molecule has 0 fully saturated rings. The fraction of sp³-hybridized carbons (Fsp3) is 0.409. The van der Waals surface area contributed by atoms with Crippen LogP contribution in [0, 0.1) is 19.7 Å². The molecule has 188 valence electrons. The predicted molar refractivity (Wildman–Crippen MR) is 126 cm³/mol. The van der Waals surface area contributed by atoms with E-state index in [1.165, 1.54) is 18.2 Å². The molecule has 3 aromatic rings. The number of aromatic amines is 1. The number of aliphatic hydroxyl groups is 1. The first-order valence-electron chi connectivity index (χ1n) is 10.9. The summed E-state index contributed by atoms with van der Waals surface area (Å²) in [5, 5.41) is 15.6. The summed E-state index contributed by atoms with van der Waals surface area (Å²) in [5.41, 5.74) is 1.77. The highest BCUT2D eigenvalue weighted by atomic mass is 35.5. The van der Waals surface area contributed by atoms with Crippen LogP contribution in [0.5, 0.6) is 0 Å². The first kappa shape index (κ1) is 25.3. The van der Waals surface area contributed by atoms with Crippen molar-refractivity contribution in [3.8, 4) is 0 Å². The molecular weight excluding hydrogens is 501 g/mol. The summed E-state index contributed by atoms with van der Waals surface area (Å²) in [6.07, 6.45) is 0.338. The molecule has 1 aromatic carbocycles. The zero-order valence-electron chi connectivity index (χ0n) is 19.3. The van der Waals surface area contributed by atoms with Gasteiger partial charge in [0.15, 0.2) is 5.82 Å². The maximum atomic E-state index is 15.1. The van der Waals surface area contributed by atoms with Crippen molar-refractivity contribution in [1.82, 2.24) is 19.5 Å². The number of aryl methyl sites for hydroxylation is 1. The van der Waals surface area contributed by atoms with Gasteiger partial charge in [0.25, 0.3) is 0 Å². The molecule has 0 bridgehead atoms. The molecular formula is C22H25ClFN5O5S. The number of H-pyrrole nitrogens is 1. The molecule has 2 atom stereocenters. The van der Waals surface area contributed by atoms with Gasteiger partial charge in [-0.25, -0.2) is 27.7 Å². The number of nitrogens with zero attached hydrogens (tertiary/aromatic N) is 4. The lowest BCUT2D eigenvalue weighted by molar-refractivity contribution is 0.230. The van der Waals surface area contributed by atoms with Crippen molar-refractivity contribution in [2.24, 2.45) is 0 Å². The average Bonchev–Trinajstić information content (AvgIpc) is 3.23. The van der Waals surface area contributed by atoms with Crippen LogP contribution in [-0.4, -0.2) is 52.8 Å². The lowest BCUT2D eigenvalue weighted by Crippen LogP contribution is -2.50. The van der Waals surface area contributed by atoms with Gasteiger partial charge in [-0.05, 0) is 55.2 Å². The third-order valence-electron chi connectivity index (χ3n) is 6.27. The molecule has 0 saturated heterocycles. The molecule has 2 N–H and O–H groups in total. The summed E-state index contributed by atoms with van der Waals surface area (Å²) >= 11 is 6.05. The Labute approximate surface area is 206 Å². The third kappa shape index (κ3) is 4.58. The van der Waals surface area contributed by atoms with Gasteiger partial charge in [-0.1, -0.05) is 24.6 Å². The zero-order valence-corrected chi connectivity index (χ0v) is 20.9. The number of rotatable bonds is 7. The van der Waals surface area contributed by atoms with Crippen LogP contribution in [0.2, 0.25) is 5.15 Å². The van der Waals surface area contributed by atoms with Crippen molar-refractivity contribution in [3.63, 3.8) is 0 Å². The minimum Gasteiger partial charge on any atom is -0.396 e. The van der Waals surface area contributed by atoms with E-state index in [-0.39, 0.29) is 47.1 Å². The Balaban J connectivity index is 1.92. The van der Waals surface area contributed by atoms with Crippen molar-refractivity contribution in [2.45, 2.75) is 44.0 Å². The number of sulfonamides is 1. The molecule has 0 aliphatic carbocycles. The smallest absolute Gasteiger partial charge is 0.396 e. The van der Waals surface area contributed by atoms with Gasteiger partial charge in [-0.15, -0.1) is 5.10 Å². The number of aliphatic hydroxyl groups excluding tert-OH is 1. The van der Waals surface area contributed by atoms with Crippen LogP contribution < -0.4 is 10.7 Å². The quantitative estimate of drug-likeness (QED) is 0.450. The second kappa shape index (κ2) is 9.69. The lowest BCUT2D eigenvalue weighted by atomic mass is 9.87. The molecule has 1 aliphatic rings. The Morgan fingerprint density at radius 1 is 1.29 bits per heavy atom. The average molecular weight is 526 g/mol. The third-order valence-corrected chi connectivity index (χ3v) is 8.31. The Morgan fingerprint density at radius 3 is 2.69 bits per heavy atom. The normalized spacial score (nSPS) is 17.3. The summed E-state index contributed by atoms with van der Waals surface area (Å²) in [4.78, 5) is 17.6. The van der Waals surface area contributed by atoms with Crippen LogP contribution in [-0.2, 0) is 10.0 Å². The second-order valence-corrected chi connectivity index (χ2v) is 10.7. The van der Waals surface area contributed by atoms with Gasteiger partial charge in [0.1, 0.15) is 21.9 Å². The van der Waals surface area contributed by atoms with Crippen molar-refractivity contribution < 1.29 is 22.3 Å². The number of benzene rings is 1. The minimum atomic E-state index is -4.21. The predicted octanol–water partition coefficient (Wildman–Crippen LogP) is 2.86. The number of halogens is 2. The number of hydrogen-bond acceptors (Lipinski definition) is 8. The van der Waals surface area contributed by atoms with Crippen LogP contribution in [0.3, 0.4) is 0 Å². The van der Waals surface area contributed by atoms with E-state index in [0.29, 0.717) is 12.0 Å². The highest BCUT2D eigenvalue weighted by Gasteiger charge is 2.46. The molecule has 10 nitrogen and oxygen atoms in total. The molecule has 0 spiro atoms. The molecule has 1 aliphatic heterocycles. The second-order valence-electron chi connectivity index (χ2n) is 8.42. The van der Waals surface area contributed by atoms with Crippen LogP contribution in [0.15, 0.2) is 38.4 Å². The number of pyridine rings is 1. The molecule has 13 heteroatoms. The first-order chi connectivity index (χ1) is 16.6. The number of hydrogen-bond donors (Lipinski definition) is 2. The monoisotopic (exact) mass is 525 g/mol. The van der Waals surface area contributed by atoms with Crippen LogP contribution in [0.25, 0.3) is 0 Å². The zero-order chi connectivity index (χ0) is 25.5. The summed E-state index contributed by atoms with van der Waals surface area (Å²) in [5.74, 6) is -2.21. The topological polar surface area (TPSA) is 133 Å². The highest BCUT2D eigenvalue weighted by molar-refractivity contribution is 7.89. The molecule has 4 rings (SSSR count). The van der Waals surface area contributed by atoms with E-state index in [0.717, 1.165) is 9.87 Å². The summed E-state index contributed by atoms with van der Waals surface area (Å²) in [6, 6.07) is 4.51. The maximum absolute atomic E-state index is 15.1. The van der Waals surface area contributed by atoms with E-state index >= 15 is 4.39 Å². The van der Waals surface area contributed by atoms with Gasteiger partial charge in [-0.2, -0.15) is 4.31 Å². The molecule has 2 unspecified atom stereocenters. The first-order valence-corrected chi connectivity index (χ1v) is 12.7. The van der Waals surface area contributed by atoms with Crippen molar-refractivity contribution in [3.05, 3.63) is 68.4 Å². The van der Waals surface area contributed by atoms with E-state index in [1.807, 2.05) is 6.92 Å². The van der Waals surface area contributed by atoms with Crippen LogP contribution >= 0.6 is 11.6 Å². The Bertz CT molecular complexity index is 1410. The maximum Gasteiger partial charge on any atom is 0.434 e. The minimum absolute atomic E-state index is 0.109. The Kier molecular flexibility index (Phi) is 7.00. The number of nitrogens with one attached hydrogen (secondary N) is 1. The summed E-state index contributed by atoms with van der Waals surface area (Å²) in [6.45, 7) is 5.18. The van der Waals surface area contributed by atoms with Gasteiger partial charge in [-0.3, -0.25) is 0 Å². The van der Waals surface area contributed by atoms with E-state index < -0.39 is 33.6 Å². The van der Waals surface area contributed by atoms with Crippen molar-refractivity contribution in [2.75, 3.05) is 24.7 Å². The van der Waals surface area contributed by atoms with E-state index in [2.05, 4.69) is 15.2 Å². The molecule has 0 radical (unpaired) electrons. The number of aromatic nitrogens is 3. The van der Waals surface area contributed by atoms with Crippen molar-refractivity contribution >= 4 is 27.4 Å². The molecule has 2 aromatic heterocycles. The molecule has 0 saturated carbocycles. The fourth-order valence-electron chi connectivity index (χ4n) is 4.43. The number of anilines is 1. The molecule has 0 amide bonds. The molecule has 3 heterocycles.